The molecular weight excluding hydrogens is 207 g/mol. The number of nitrogens with zero attached hydrogens (tertiary/aromatic N) is 1. The van der Waals surface area contributed by atoms with Crippen LogP contribution in [0.3, 0.4) is 0 Å². The summed E-state index contributed by atoms with van der Waals surface area (Å²) in [5.41, 5.74) is 5.34. The maximum absolute atomic E-state index is 13.2. The van der Waals surface area contributed by atoms with E-state index in [4.69, 9.17) is 15.7 Å². The van der Waals surface area contributed by atoms with Crippen LogP contribution in [0.25, 0.3) is 0 Å². The summed E-state index contributed by atoms with van der Waals surface area (Å²) in [6.45, 7) is 4.04. The highest BCUT2D eigenvalue weighted by molar-refractivity contribution is 5.43. The van der Waals surface area contributed by atoms with Crippen LogP contribution in [0.15, 0.2) is 18.2 Å². The van der Waals surface area contributed by atoms with Crippen molar-refractivity contribution in [3.63, 3.8) is 0 Å². The molecule has 0 aromatic heterocycles. The van der Waals surface area contributed by atoms with Gasteiger partial charge in [-0.1, -0.05) is 13.0 Å². The van der Waals surface area contributed by atoms with Crippen LogP contribution in [0.4, 0.5) is 4.39 Å². The first-order valence-corrected chi connectivity index (χ1v) is 5.10. The SMILES string of the molecule is CCC(C)(N)COc1cccc(F)c1C#N. The van der Waals surface area contributed by atoms with Gasteiger partial charge >= 0.3 is 0 Å². The van der Waals surface area contributed by atoms with E-state index in [0.29, 0.717) is 0 Å². The molecule has 0 saturated carbocycles. The molecule has 0 fully saturated rings. The summed E-state index contributed by atoms with van der Waals surface area (Å²) in [7, 11) is 0. The van der Waals surface area contributed by atoms with Gasteiger partial charge in [-0.2, -0.15) is 5.26 Å². The lowest BCUT2D eigenvalue weighted by molar-refractivity contribution is 0.224. The average Bonchev–Trinajstić information content (AvgIpc) is 2.26. The van der Waals surface area contributed by atoms with Crippen LogP contribution in [0, 0.1) is 17.1 Å². The van der Waals surface area contributed by atoms with Crippen LogP contribution in [-0.4, -0.2) is 12.1 Å². The monoisotopic (exact) mass is 222 g/mol. The molecule has 16 heavy (non-hydrogen) atoms. The molecule has 86 valence electrons. The van der Waals surface area contributed by atoms with E-state index in [9.17, 15) is 4.39 Å². The van der Waals surface area contributed by atoms with E-state index in [1.165, 1.54) is 12.1 Å². The highest BCUT2D eigenvalue weighted by Crippen LogP contribution is 2.21. The molecule has 0 aliphatic rings. The van der Waals surface area contributed by atoms with Gasteiger partial charge in [0.05, 0.1) is 0 Å². The predicted molar refractivity (Wildman–Crippen MR) is 59.5 cm³/mol. The van der Waals surface area contributed by atoms with Crippen LogP contribution in [0.1, 0.15) is 25.8 Å². The number of hydrogen-bond acceptors (Lipinski definition) is 3. The maximum Gasteiger partial charge on any atom is 0.144 e. The van der Waals surface area contributed by atoms with Gasteiger partial charge in [0.2, 0.25) is 0 Å². The molecule has 0 amide bonds. The van der Waals surface area contributed by atoms with Crippen molar-refractivity contribution in [3.8, 4) is 11.8 Å². The van der Waals surface area contributed by atoms with Crippen LogP contribution >= 0.6 is 0 Å². The zero-order chi connectivity index (χ0) is 12.2. The molecule has 4 heteroatoms. The van der Waals surface area contributed by atoms with E-state index in [1.54, 1.807) is 12.1 Å². The van der Waals surface area contributed by atoms with Crippen LogP contribution in [-0.2, 0) is 0 Å². The molecule has 1 rings (SSSR count). The van der Waals surface area contributed by atoms with E-state index >= 15 is 0 Å². The molecular formula is C12H15FN2O. The van der Waals surface area contributed by atoms with Crippen molar-refractivity contribution in [1.82, 2.24) is 0 Å². The maximum atomic E-state index is 13.2. The van der Waals surface area contributed by atoms with Gasteiger partial charge in [0.15, 0.2) is 0 Å². The Morgan fingerprint density at radius 3 is 2.81 bits per heavy atom. The second-order valence-corrected chi connectivity index (χ2v) is 4.02. The molecule has 3 nitrogen and oxygen atoms in total. The fraction of sp³-hybridized carbons (Fsp3) is 0.417. The lowest BCUT2D eigenvalue weighted by atomic mass is 10.0. The molecule has 0 radical (unpaired) electrons. The van der Waals surface area contributed by atoms with Gasteiger partial charge in [0, 0.05) is 5.54 Å². The van der Waals surface area contributed by atoms with Crippen molar-refractivity contribution >= 4 is 0 Å². The van der Waals surface area contributed by atoms with E-state index in [2.05, 4.69) is 0 Å². The summed E-state index contributed by atoms with van der Waals surface area (Å²) in [5.74, 6) is -0.331. The molecule has 0 saturated heterocycles. The van der Waals surface area contributed by atoms with Crippen molar-refractivity contribution in [2.75, 3.05) is 6.61 Å². The molecule has 1 aromatic carbocycles. The van der Waals surface area contributed by atoms with Gasteiger partial charge in [-0.25, -0.2) is 4.39 Å². The van der Waals surface area contributed by atoms with Gasteiger partial charge in [-0.05, 0) is 25.5 Å². The molecule has 1 atom stereocenters. The summed E-state index contributed by atoms with van der Waals surface area (Å²) < 4.78 is 18.6. The molecule has 0 aliphatic heterocycles. The average molecular weight is 222 g/mol. The third kappa shape index (κ3) is 2.94. The highest BCUT2D eigenvalue weighted by atomic mass is 19.1. The quantitative estimate of drug-likeness (QED) is 0.849. The van der Waals surface area contributed by atoms with Gasteiger partial charge in [0.25, 0.3) is 0 Å². The summed E-state index contributed by atoms with van der Waals surface area (Å²) in [4.78, 5) is 0. The largest absolute Gasteiger partial charge is 0.490 e. The number of rotatable bonds is 4. The fourth-order valence-corrected chi connectivity index (χ4v) is 1.08. The molecule has 2 N–H and O–H groups in total. The van der Waals surface area contributed by atoms with Crippen LogP contribution in [0.5, 0.6) is 5.75 Å². The minimum Gasteiger partial charge on any atom is -0.490 e. The Morgan fingerprint density at radius 2 is 2.25 bits per heavy atom. The predicted octanol–water partition coefficient (Wildman–Crippen LogP) is 2.20. The Kier molecular flexibility index (Phi) is 3.86. The standard InChI is InChI=1S/C12H15FN2O/c1-3-12(2,15)8-16-11-6-4-5-10(13)9(11)7-14/h4-6H,3,8,15H2,1-2H3. The smallest absolute Gasteiger partial charge is 0.144 e. The zero-order valence-electron chi connectivity index (χ0n) is 9.46. The van der Waals surface area contributed by atoms with Gasteiger partial charge in [0.1, 0.15) is 29.8 Å². The topological polar surface area (TPSA) is 59.0 Å². The number of hydrogen-bond donors (Lipinski definition) is 1. The molecule has 1 aromatic rings. The van der Waals surface area contributed by atoms with Gasteiger partial charge in [-0.3, -0.25) is 0 Å². The molecule has 1 unspecified atom stereocenters. The number of benzene rings is 1. The van der Waals surface area contributed by atoms with Crippen LogP contribution < -0.4 is 10.5 Å². The van der Waals surface area contributed by atoms with Crippen molar-refractivity contribution in [1.29, 1.82) is 5.26 Å². The first-order chi connectivity index (χ1) is 7.50. The number of nitrogens with two attached hydrogens (primary N) is 1. The Morgan fingerprint density at radius 1 is 1.56 bits per heavy atom. The molecule has 0 aliphatic carbocycles. The third-order valence-corrected chi connectivity index (χ3v) is 2.45. The zero-order valence-corrected chi connectivity index (χ0v) is 9.46. The fourth-order valence-electron chi connectivity index (χ4n) is 1.08. The minimum absolute atomic E-state index is 0.0746. The normalized spacial score (nSPS) is 13.9. The van der Waals surface area contributed by atoms with Crippen molar-refractivity contribution < 1.29 is 9.13 Å². The Balaban J connectivity index is 2.83. The van der Waals surface area contributed by atoms with E-state index in [-0.39, 0.29) is 17.9 Å². The van der Waals surface area contributed by atoms with E-state index < -0.39 is 11.4 Å². The Bertz CT molecular complexity index is 410. The highest BCUT2D eigenvalue weighted by Gasteiger charge is 2.18. The lowest BCUT2D eigenvalue weighted by Gasteiger charge is -2.23. The molecule has 0 bridgehead atoms. The summed E-state index contributed by atoms with van der Waals surface area (Å²) >= 11 is 0. The number of ether oxygens (including phenoxy) is 1. The van der Waals surface area contributed by atoms with Crippen LogP contribution in [0.2, 0.25) is 0 Å². The van der Waals surface area contributed by atoms with E-state index in [0.717, 1.165) is 6.42 Å². The molecule has 0 spiro atoms. The Labute approximate surface area is 94.6 Å². The number of nitriles is 1. The first-order valence-electron chi connectivity index (χ1n) is 5.10. The second-order valence-electron chi connectivity index (χ2n) is 4.02. The summed E-state index contributed by atoms with van der Waals surface area (Å²) in [6, 6.07) is 6.07. The third-order valence-electron chi connectivity index (χ3n) is 2.45. The van der Waals surface area contributed by atoms with Gasteiger partial charge < -0.3 is 10.5 Å². The first kappa shape index (κ1) is 12.5. The second kappa shape index (κ2) is 4.95. The summed E-state index contributed by atoms with van der Waals surface area (Å²) in [5, 5.41) is 8.78. The van der Waals surface area contributed by atoms with Crippen molar-refractivity contribution in [2.45, 2.75) is 25.8 Å². The Hall–Kier alpha value is -1.60. The van der Waals surface area contributed by atoms with Gasteiger partial charge in [-0.15, -0.1) is 0 Å². The minimum atomic E-state index is -0.574. The van der Waals surface area contributed by atoms with Crippen molar-refractivity contribution in [2.24, 2.45) is 5.73 Å². The van der Waals surface area contributed by atoms with Crippen molar-refractivity contribution in [3.05, 3.63) is 29.6 Å². The lowest BCUT2D eigenvalue weighted by Crippen LogP contribution is -2.41. The number of halogens is 1. The summed E-state index contributed by atoms with van der Waals surface area (Å²) in [6.07, 6.45) is 0.740. The molecule has 0 heterocycles. The van der Waals surface area contributed by atoms with E-state index in [1.807, 2.05) is 13.8 Å².